The summed E-state index contributed by atoms with van der Waals surface area (Å²) in [6.07, 6.45) is 1.04. The molecule has 0 aliphatic heterocycles. The Kier molecular flexibility index (Phi) is 4.37. The van der Waals surface area contributed by atoms with Gasteiger partial charge in [-0.25, -0.2) is 0 Å². The molecule has 2 nitrogen and oxygen atoms in total. The zero-order valence-electron chi connectivity index (χ0n) is 8.96. The van der Waals surface area contributed by atoms with Crippen molar-refractivity contribution in [3.05, 3.63) is 23.8 Å². The van der Waals surface area contributed by atoms with Gasteiger partial charge in [-0.15, -0.1) is 0 Å². The van der Waals surface area contributed by atoms with Crippen molar-refractivity contribution in [1.29, 1.82) is 0 Å². The van der Waals surface area contributed by atoms with E-state index in [9.17, 15) is 5.11 Å². The van der Waals surface area contributed by atoms with Gasteiger partial charge in [-0.1, -0.05) is 39.0 Å². The molecule has 0 rings (SSSR count). The zero-order chi connectivity index (χ0) is 10.6. The van der Waals surface area contributed by atoms with Gasteiger partial charge in [-0.2, -0.15) is 0 Å². The Morgan fingerprint density at radius 3 is 2.15 bits per heavy atom. The second kappa shape index (κ2) is 4.58. The largest absolute Gasteiger partial charge is 0.392 e. The molecule has 0 heterocycles. The fourth-order valence-corrected chi connectivity index (χ4v) is 1.08. The SMILES string of the molecule is C=C(C)/C(=C/CO)C(O)C(C)(C)C. The number of hydrogen-bond acceptors (Lipinski definition) is 2. The van der Waals surface area contributed by atoms with Crippen LogP contribution in [0.4, 0.5) is 0 Å². The lowest BCUT2D eigenvalue weighted by atomic mass is 9.82. The maximum Gasteiger partial charge on any atom is 0.0838 e. The van der Waals surface area contributed by atoms with Crippen LogP contribution in [-0.4, -0.2) is 22.9 Å². The molecule has 0 aromatic heterocycles. The molecule has 0 aliphatic carbocycles. The Morgan fingerprint density at radius 2 is 1.92 bits per heavy atom. The second-order valence-electron chi connectivity index (χ2n) is 4.39. The molecule has 76 valence electrons. The van der Waals surface area contributed by atoms with E-state index in [4.69, 9.17) is 5.11 Å². The van der Waals surface area contributed by atoms with Gasteiger partial charge in [0.2, 0.25) is 0 Å². The van der Waals surface area contributed by atoms with Gasteiger partial charge in [0, 0.05) is 0 Å². The minimum absolute atomic E-state index is 0.0602. The highest BCUT2D eigenvalue weighted by Crippen LogP contribution is 2.27. The Hall–Kier alpha value is -0.600. The van der Waals surface area contributed by atoms with E-state index in [2.05, 4.69) is 6.58 Å². The lowest BCUT2D eigenvalue weighted by Gasteiger charge is -2.28. The van der Waals surface area contributed by atoms with Gasteiger partial charge in [-0.3, -0.25) is 0 Å². The van der Waals surface area contributed by atoms with E-state index in [-0.39, 0.29) is 12.0 Å². The van der Waals surface area contributed by atoms with E-state index in [0.717, 1.165) is 11.1 Å². The normalized spacial score (nSPS) is 15.7. The van der Waals surface area contributed by atoms with E-state index in [1.165, 1.54) is 0 Å². The van der Waals surface area contributed by atoms with Gasteiger partial charge in [0.1, 0.15) is 0 Å². The fraction of sp³-hybridized carbons (Fsp3) is 0.636. The topological polar surface area (TPSA) is 40.5 Å². The monoisotopic (exact) mass is 184 g/mol. The first kappa shape index (κ1) is 12.4. The van der Waals surface area contributed by atoms with Crippen molar-refractivity contribution in [3.8, 4) is 0 Å². The molecule has 0 aromatic rings. The van der Waals surface area contributed by atoms with Crippen LogP contribution in [0.25, 0.3) is 0 Å². The van der Waals surface area contributed by atoms with Gasteiger partial charge in [0.05, 0.1) is 12.7 Å². The van der Waals surface area contributed by atoms with Crippen molar-refractivity contribution in [2.45, 2.75) is 33.8 Å². The first-order valence-corrected chi connectivity index (χ1v) is 4.45. The van der Waals surface area contributed by atoms with Gasteiger partial charge in [-0.05, 0) is 17.9 Å². The Bertz CT molecular complexity index is 209. The summed E-state index contributed by atoms with van der Waals surface area (Å²) in [5, 5.41) is 18.7. The van der Waals surface area contributed by atoms with Crippen LogP contribution >= 0.6 is 0 Å². The van der Waals surface area contributed by atoms with Crippen molar-refractivity contribution >= 4 is 0 Å². The van der Waals surface area contributed by atoms with Crippen LogP contribution in [0.5, 0.6) is 0 Å². The van der Waals surface area contributed by atoms with Crippen LogP contribution in [0, 0.1) is 5.41 Å². The summed E-state index contributed by atoms with van der Waals surface area (Å²) in [5.74, 6) is 0. The third-order valence-electron chi connectivity index (χ3n) is 1.92. The average molecular weight is 184 g/mol. The molecule has 2 heteroatoms. The average Bonchev–Trinajstić information content (AvgIpc) is 1.96. The first-order valence-electron chi connectivity index (χ1n) is 4.45. The number of rotatable bonds is 3. The van der Waals surface area contributed by atoms with Crippen molar-refractivity contribution in [1.82, 2.24) is 0 Å². The maximum atomic E-state index is 9.91. The van der Waals surface area contributed by atoms with Crippen molar-refractivity contribution in [2.75, 3.05) is 6.61 Å². The summed E-state index contributed by atoms with van der Waals surface area (Å²) in [6.45, 7) is 11.4. The molecule has 1 atom stereocenters. The van der Waals surface area contributed by atoms with Crippen molar-refractivity contribution in [3.63, 3.8) is 0 Å². The molecule has 0 bridgehead atoms. The van der Waals surface area contributed by atoms with Crippen LogP contribution in [0.2, 0.25) is 0 Å². The van der Waals surface area contributed by atoms with E-state index >= 15 is 0 Å². The Labute approximate surface area is 80.6 Å². The van der Waals surface area contributed by atoms with Crippen LogP contribution in [0.3, 0.4) is 0 Å². The number of hydrogen-bond donors (Lipinski definition) is 2. The summed E-state index contributed by atoms with van der Waals surface area (Å²) in [4.78, 5) is 0. The zero-order valence-corrected chi connectivity index (χ0v) is 8.96. The predicted molar refractivity (Wildman–Crippen MR) is 55.4 cm³/mol. The molecule has 0 saturated heterocycles. The van der Waals surface area contributed by atoms with Crippen LogP contribution in [-0.2, 0) is 0 Å². The molecule has 0 radical (unpaired) electrons. The number of aliphatic hydroxyl groups excluding tert-OH is 2. The molecule has 0 fully saturated rings. The molecule has 0 aromatic carbocycles. The summed E-state index contributed by atoms with van der Waals surface area (Å²) >= 11 is 0. The molecule has 2 N–H and O–H groups in total. The predicted octanol–water partition coefficient (Wildman–Crippen LogP) is 1.89. The van der Waals surface area contributed by atoms with Crippen LogP contribution in [0.1, 0.15) is 27.7 Å². The van der Waals surface area contributed by atoms with E-state index in [1.807, 2.05) is 27.7 Å². The molecule has 13 heavy (non-hydrogen) atoms. The summed E-state index contributed by atoms with van der Waals surface area (Å²) < 4.78 is 0. The van der Waals surface area contributed by atoms with Gasteiger partial charge >= 0.3 is 0 Å². The summed E-state index contributed by atoms with van der Waals surface area (Å²) in [6, 6.07) is 0. The van der Waals surface area contributed by atoms with E-state index < -0.39 is 6.10 Å². The Balaban J connectivity index is 4.78. The maximum absolute atomic E-state index is 9.91. The van der Waals surface area contributed by atoms with E-state index in [1.54, 1.807) is 6.08 Å². The standard InChI is InChI=1S/C11H20O2/c1-8(2)9(6-7-12)10(13)11(3,4)5/h6,10,12-13H,1,7H2,2-5H3/b9-6-. The highest BCUT2D eigenvalue weighted by atomic mass is 16.3. The first-order chi connectivity index (χ1) is 5.80. The third-order valence-corrected chi connectivity index (χ3v) is 1.92. The lowest BCUT2D eigenvalue weighted by Crippen LogP contribution is -2.28. The van der Waals surface area contributed by atoms with Crippen LogP contribution in [0.15, 0.2) is 23.8 Å². The fourth-order valence-electron chi connectivity index (χ4n) is 1.08. The van der Waals surface area contributed by atoms with Crippen molar-refractivity contribution in [2.24, 2.45) is 5.41 Å². The number of aliphatic hydroxyl groups is 2. The highest BCUT2D eigenvalue weighted by molar-refractivity contribution is 5.31. The third kappa shape index (κ3) is 3.75. The molecule has 0 spiro atoms. The van der Waals surface area contributed by atoms with Crippen molar-refractivity contribution < 1.29 is 10.2 Å². The molecule has 0 amide bonds. The smallest absolute Gasteiger partial charge is 0.0838 e. The van der Waals surface area contributed by atoms with E-state index in [0.29, 0.717) is 0 Å². The molecule has 1 unspecified atom stereocenters. The summed E-state index contributed by atoms with van der Waals surface area (Å²) in [7, 11) is 0. The lowest BCUT2D eigenvalue weighted by molar-refractivity contribution is 0.0960. The molecular formula is C11H20O2. The minimum Gasteiger partial charge on any atom is -0.392 e. The van der Waals surface area contributed by atoms with Gasteiger partial charge < -0.3 is 10.2 Å². The Morgan fingerprint density at radius 1 is 1.46 bits per heavy atom. The molecule has 0 saturated carbocycles. The van der Waals surface area contributed by atoms with Gasteiger partial charge in [0.15, 0.2) is 0 Å². The second-order valence-corrected chi connectivity index (χ2v) is 4.39. The minimum atomic E-state index is -0.572. The molecular weight excluding hydrogens is 164 g/mol. The quantitative estimate of drug-likeness (QED) is 0.657. The van der Waals surface area contributed by atoms with Gasteiger partial charge in [0.25, 0.3) is 0 Å². The van der Waals surface area contributed by atoms with Crippen LogP contribution < -0.4 is 0 Å². The molecule has 0 aliphatic rings. The highest BCUT2D eigenvalue weighted by Gasteiger charge is 2.25. The summed E-state index contributed by atoms with van der Waals surface area (Å²) in [5.41, 5.74) is 1.31.